The van der Waals surface area contributed by atoms with Gasteiger partial charge in [-0.3, -0.25) is 9.59 Å². The number of allylic oxidation sites excluding steroid dienone is 1. The number of anilines is 1. The number of methoxy groups -OCH3 is 3. The number of piperidine rings is 1. The molecule has 4 rings (SSSR count). The highest BCUT2D eigenvalue weighted by atomic mass is 16.5. The van der Waals surface area contributed by atoms with E-state index in [1.54, 1.807) is 26.2 Å². The third-order valence-electron chi connectivity index (χ3n) is 7.16. The lowest BCUT2D eigenvalue weighted by Crippen LogP contribution is -2.48. The van der Waals surface area contributed by atoms with Gasteiger partial charge in [0.1, 0.15) is 5.75 Å². The van der Waals surface area contributed by atoms with E-state index in [9.17, 15) is 9.59 Å². The van der Waals surface area contributed by atoms with Gasteiger partial charge in [-0.05, 0) is 80.5 Å². The summed E-state index contributed by atoms with van der Waals surface area (Å²) in [5.41, 5.74) is 2.98. The second-order valence-corrected chi connectivity index (χ2v) is 9.32. The first-order valence-corrected chi connectivity index (χ1v) is 12.7. The molecule has 0 aromatic heterocycles. The van der Waals surface area contributed by atoms with E-state index in [1.165, 1.54) is 18.4 Å². The first kappa shape index (κ1) is 25.6. The summed E-state index contributed by atoms with van der Waals surface area (Å²) in [6, 6.07) is 12.5. The van der Waals surface area contributed by atoms with Gasteiger partial charge in [0.2, 0.25) is 11.8 Å². The van der Waals surface area contributed by atoms with Crippen LogP contribution in [0.2, 0.25) is 0 Å². The monoisotopic (exact) mass is 492 g/mol. The molecule has 0 radical (unpaired) electrons. The minimum atomic E-state index is -0.478. The molecule has 7 nitrogen and oxygen atoms in total. The van der Waals surface area contributed by atoms with Crippen LogP contribution in [0, 0.1) is 5.92 Å². The molecule has 7 heteroatoms. The van der Waals surface area contributed by atoms with Crippen molar-refractivity contribution in [1.29, 1.82) is 0 Å². The fourth-order valence-electron chi connectivity index (χ4n) is 5.24. The van der Waals surface area contributed by atoms with Gasteiger partial charge in [0, 0.05) is 18.7 Å². The summed E-state index contributed by atoms with van der Waals surface area (Å²) in [5, 5.41) is 3.16. The number of nitrogens with zero attached hydrogens (tertiary/aromatic N) is 1. The van der Waals surface area contributed by atoms with Crippen LogP contribution >= 0.6 is 0 Å². The average molecular weight is 493 g/mol. The molecule has 0 bridgehead atoms. The third kappa shape index (κ3) is 5.66. The second-order valence-electron chi connectivity index (χ2n) is 9.32. The molecular weight excluding hydrogens is 456 g/mol. The van der Waals surface area contributed by atoms with E-state index >= 15 is 0 Å². The highest BCUT2D eigenvalue weighted by Crippen LogP contribution is 2.42. The van der Waals surface area contributed by atoms with Crippen LogP contribution in [0.4, 0.5) is 5.69 Å². The Bertz CT molecular complexity index is 1100. The van der Waals surface area contributed by atoms with Gasteiger partial charge in [-0.15, -0.1) is 0 Å². The zero-order valence-corrected chi connectivity index (χ0v) is 21.4. The molecule has 0 saturated carbocycles. The van der Waals surface area contributed by atoms with Crippen LogP contribution in [-0.4, -0.2) is 39.7 Å². The number of rotatable bonds is 9. The predicted octanol–water partition coefficient (Wildman–Crippen LogP) is 5.20. The Morgan fingerprint density at radius 3 is 2.42 bits per heavy atom. The maximum absolute atomic E-state index is 13.5. The van der Waals surface area contributed by atoms with Crippen molar-refractivity contribution in [2.75, 3.05) is 32.8 Å². The fourth-order valence-corrected chi connectivity index (χ4v) is 5.24. The van der Waals surface area contributed by atoms with Crippen LogP contribution < -0.4 is 24.4 Å². The topological polar surface area (TPSA) is 77.1 Å². The minimum Gasteiger partial charge on any atom is -0.497 e. The Hall–Kier alpha value is -3.48. The number of hydrogen-bond acceptors (Lipinski definition) is 5. The Morgan fingerprint density at radius 2 is 1.75 bits per heavy atom. The summed E-state index contributed by atoms with van der Waals surface area (Å²) >= 11 is 0. The molecule has 1 aliphatic carbocycles. The lowest BCUT2D eigenvalue weighted by atomic mass is 9.83. The molecule has 2 aliphatic rings. The molecule has 1 fully saturated rings. The fraction of sp³-hybridized carbons (Fsp3) is 0.448. The maximum atomic E-state index is 13.5. The average Bonchev–Trinajstić information content (AvgIpc) is 2.93. The van der Waals surface area contributed by atoms with Crippen molar-refractivity contribution in [2.45, 2.75) is 51.0 Å². The van der Waals surface area contributed by atoms with E-state index in [0.29, 0.717) is 36.6 Å². The van der Waals surface area contributed by atoms with Gasteiger partial charge in [0.05, 0.1) is 33.3 Å². The molecule has 0 unspecified atom stereocenters. The van der Waals surface area contributed by atoms with E-state index in [-0.39, 0.29) is 11.8 Å². The summed E-state index contributed by atoms with van der Waals surface area (Å²) in [6.45, 7) is 0.607. The van der Waals surface area contributed by atoms with Gasteiger partial charge in [-0.1, -0.05) is 17.7 Å². The van der Waals surface area contributed by atoms with Crippen molar-refractivity contribution in [3.05, 3.63) is 59.7 Å². The third-order valence-corrected chi connectivity index (χ3v) is 7.16. The SMILES string of the molecule is COc1ccc(N2C(=O)CC[C@@H](C(=O)NCCC3=CCCCC3)[C@H]2c2ccc(OC)c(OC)c2)cc1. The molecule has 1 saturated heterocycles. The molecule has 1 N–H and O–H groups in total. The number of hydrogen-bond donors (Lipinski definition) is 1. The summed E-state index contributed by atoms with van der Waals surface area (Å²) in [5.74, 6) is 1.42. The van der Waals surface area contributed by atoms with Crippen molar-refractivity contribution in [2.24, 2.45) is 5.92 Å². The molecule has 1 aliphatic heterocycles. The lowest BCUT2D eigenvalue weighted by Gasteiger charge is -2.41. The Balaban J connectivity index is 1.65. The molecule has 36 heavy (non-hydrogen) atoms. The second kappa shape index (κ2) is 12.0. The van der Waals surface area contributed by atoms with Crippen molar-refractivity contribution >= 4 is 17.5 Å². The van der Waals surface area contributed by atoms with Crippen LogP contribution in [0.3, 0.4) is 0 Å². The van der Waals surface area contributed by atoms with Crippen molar-refractivity contribution < 1.29 is 23.8 Å². The number of carbonyl (C=O) groups excluding carboxylic acids is 2. The van der Waals surface area contributed by atoms with Gasteiger partial charge in [0.15, 0.2) is 11.5 Å². The van der Waals surface area contributed by atoms with Crippen LogP contribution in [0.25, 0.3) is 0 Å². The molecule has 2 aromatic rings. The zero-order chi connectivity index (χ0) is 25.5. The summed E-state index contributed by atoms with van der Waals surface area (Å²) < 4.78 is 16.3. The molecule has 1 heterocycles. The molecule has 2 aromatic carbocycles. The number of carbonyl (C=O) groups is 2. The highest BCUT2D eigenvalue weighted by molar-refractivity contribution is 5.97. The minimum absolute atomic E-state index is 0.0173. The molecule has 0 spiro atoms. The van der Waals surface area contributed by atoms with E-state index < -0.39 is 12.0 Å². The number of ether oxygens (including phenoxy) is 3. The molecular formula is C29H36N2O5. The van der Waals surface area contributed by atoms with E-state index in [0.717, 1.165) is 30.5 Å². The molecule has 2 atom stereocenters. The standard InChI is InChI=1S/C29H36N2O5/c1-34-23-12-10-22(11-13-23)31-27(32)16-14-24(29(33)30-18-17-20-7-5-4-6-8-20)28(31)21-9-15-25(35-2)26(19-21)36-3/h7,9-13,15,19,24,28H,4-6,8,14,16-18H2,1-3H3,(H,30,33)/t24-,28-/m1/s1. The first-order valence-electron chi connectivity index (χ1n) is 12.7. The van der Waals surface area contributed by atoms with Gasteiger partial charge < -0.3 is 24.4 Å². The zero-order valence-electron chi connectivity index (χ0n) is 21.4. The Morgan fingerprint density at radius 1 is 0.972 bits per heavy atom. The smallest absolute Gasteiger partial charge is 0.227 e. The quantitative estimate of drug-likeness (QED) is 0.487. The maximum Gasteiger partial charge on any atom is 0.227 e. The summed E-state index contributed by atoms with van der Waals surface area (Å²) in [6.07, 6.45) is 8.70. The highest BCUT2D eigenvalue weighted by Gasteiger charge is 2.41. The van der Waals surface area contributed by atoms with E-state index in [2.05, 4.69) is 11.4 Å². The van der Waals surface area contributed by atoms with E-state index in [1.807, 2.05) is 42.5 Å². The molecule has 2 amide bonds. The first-order chi connectivity index (χ1) is 17.5. The van der Waals surface area contributed by atoms with Gasteiger partial charge in [-0.25, -0.2) is 0 Å². The van der Waals surface area contributed by atoms with Crippen LogP contribution in [0.1, 0.15) is 56.6 Å². The van der Waals surface area contributed by atoms with Gasteiger partial charge in [-0.2, -0.15) is 0 Å². The Kier molecular flexibility index (Phi) is 8.52. The number of nitrogens with one attached hydrogen (secondary N) is 1. The van der Waals surface area contributed by atoms with Crippen LogP contribution in [-0.2, 0) is 9.59 Å². The number of benzene rings is 2. The number of amides is 2. The van der Waals surface area contributed by atoms with Crippen molar-refractivity contribution in [3.8, 4) is 17.2 Å². The predicted molar refractivity (Wildman–Crippen MR) is 140 cm³/mol. The molecule has 192 valence electrons. The largest absolute Gasteiger partial charge is 0.497 e. The lowest BCUT2D eigenvalue weighted by molar-refractivity contribution is -0.129. The van der Waals surface area contributed by atoms with Gasteiger partial charge >= 0.3 is 0 Å². The van der Waals surface area contributed by atoms with Crippen molar-refractivity contribution in [3.63, 3.8) is 0 Å². The van der Waals surface area contributed by atoms with E-state index in [4.69, 9.17) is 14.2 Å². The van der Waals surface area contributed by atoms with Crippen molar-refractivity contribution in [1.82, 2.24) is 5.32 Å². The van der Waals surface area contributed by atoms with Crippen LogP contribution in [0.15, 0.2) is 54.1 Å². The van der Waals surface area contributed by atoms with Gasteiger partial charge in [0.25, 0.3) is 0 Å². The van der Waals surface area contributed by atoms with Crippen LogP contribution in [0.5, 0.6) is 17.2 Å². The normalized spacial score (nSPS) is 19.9. The summed E-state index contributed by atoms with van der Waals surface area (Å²) in [4.78, 5) is 28.6. The summed E-state index contributed by atoms with van der Waals surface area (Å²) in [7, 11) is 4.78. The Labute approximate surface area is 213 Å².